The maximum absolute atomic E-state index is 6.22. The van der Waals surface area contributed by atoms with Gasteiger partial charge in [-0.05, 0) is 37.1 Å². The monoisotopic (exact) mass is 258 g/mol. The molecule has 4 heteroatoms. The molecule has 1 aliphatic heterocycles. The van der Waals surface area contributed by atoms with Crippen LogP contribution in [0.2, 0.25) is 10.0 Å². The molecule has 1 saturated heterocycles. The third-order valence-corrected chi connectivity index (χ3v) is 3.85. The molecule has 0 radical (unpaired) electrons. The highest BCUT2D eigenvalue weighted by atomic mass is 35.5. The first kappa shape index (κ1) is 12.2. The van der Waals surface area contributed by atoms with E-state index in [1.165, 1.54) is 12.8 Å². The Morgan fingerprint density at radius 2 is 2.06 bits per heavy atom. The molecule has 0 aliphatic carbocycles. The number of halogens is 2. The Morgan fingerprint density at radius 3 is 2.69 bits per heavy atom. The molecular weight excluding hydrogens is 243 g/mol. The smallest absolute Gasteiger partial charge is 0.0595 e. The van der Waals surface area contributed by atoms with Gasteiger partial charge < -0.3 is 11.1 Å². The fraction of sp³-hybridized carbons (Fsp3) is 0.500. The molecule has 1 heterocycles. The Hall–Kier alpha value is -0.280. The van der Waals surface area contributed by atoms with Crippen LogP contribution in [0.1, 0.15) is 30.9 Å². The van der Waals surface area contributed by atoms with E-state index >= 15 is 0 Å². The molecule has 88 valence electrons. The molecule has 0 spiro atoms. The quantitative estimate of drug-likeness (QED) is 0.856. The van der Waals surface area contributed by atoms with Crippen LogP contribution in [0.15, 0.2) is 18.2 Å². The van der Waals surface area contributed by atoms with E-state index in [4.69, 9.17) is 28.9 Å². The largest absolute Gasteiger partial charge is 0.323 e. The number of nitrogens with one attached hydrogen (secondary N) is 1. The van der Waals surface area contributed by atoms with E-state index in [0.717, 1.165) is 18.5 Å². The van der Waals surface area contributed by atoms with Crippen LogP contribution in [-0.4, -0.2) is 12.6 Å². The average molecular weight is 259 g/mol. The van der Waals surface area contributed by atoms with E-state index in [1.807, 2.05) is 18.2 Å². The lowest BCUT2D eigenvalue weighted by molar-refractivity contribution is 0.354. The van der Waals surface area contributed by atoms with E-state index in [9.17, 15) is 0 Å². The Morgan fingerprint density at radius 1 is 1.25 bits per heavy atom. The third-order valence-electron chi connectivity index (χ3n) is 3.11. The Labute approximate surface area is 106 Å². The van der Waals surface area contributed by atoms with Gasteiger partial charge in [0, 0.05) is 12.1 Å². The predicted octanol–water partition coefficient (Wildman–Crippen LogP) is 3.14. The summed E-state index contributed by atoms with van der Waals surface area (Å²) in [4.78, 5) is 0. The maximum atomic E-state index is 6.22. The number of nitrogens with two attached hydrogens (primary N) is 1. The van der Waals surface area contributed by atoms with Crippen LogP contribution in [0.25, 0.3) is 0 Å². The second-order valence-corrected chi connectivity index (χ2v) is 5.07. The first-order valence-electron chi connectivity index (χ1n) is 5.62. The van der Waals surface area contributed by atoms with Crippen LogP contribution in [-0.2, 0) is 0 Å². The molecule has 2 nitrogen and oxygen atoms in total. The molecule has 1 aliphatic rings. The molecule has 2 rings (SSSR count). The van der Waals surface area contributed by atoms with Gasteiger partial charge in [0.05, 0.1) is 10.0 Å². The van der Waals surface area contributed by atoms with E-state index < -0.39 is 0 Å². The van der Waals surface area contributed by atoms with Crippen molar-refractivity contribution in [2.75, 3.05) is 6.54 Å². The van der Waals surface area contributed by atoms with Crippen LogP contribution in [0, 0.1) is 0 Å². The fourth-order valence-corrected chi connectivity index (χ4v) is 2.44. The normalized spacial score (nSPS) is 23.1. The van der Waals surface area contributed by atoms with Crippen molar-refractivity contribution < 1.29 is 0 Å². The first-order valence-corrected chi connectivity index (χ1v) is 6.38. The SMILES string of the molecule is NC(c1ccc(Cl)c(Cl)c1)C1CCCCN1. The van der Waals surface area contributed by atoms with Gasteiger partial charge in [-0.25, -0.2) is 0 Å². The molecule has 1 fully saturated rings. The zero-order valence-electron chi connectivity index (χ0n) is 9.05. The Bertz CT molecular complexity index is 362. The van der Waals surface area contributed by atoms with E-state index in [1.54, 1.807) is 0 Å². The van der Waals surface area contributed by atoms with E-state index in [-0.39, 0.29) is 6.04 Å². The van der Waals surface area contributed by atoms with Gasteiger partial charge in [-0.3, -0.25) is 0 Å². The van der Waals surface area contributed by atoms with Gasteiger partial charge in [-0.15, -0.1) is 0 Å². The Balaban J connectivity index is 2.12. The summed E-state index contributed by atoms with van der Waals surface area (Å²) in [5.74, 6) is 0. The number of piperidine rings is 1. The van der Waals surface area contributed by atoms with Crippen molar-refractivity contribution in [2.45, 2.75) is 31.3 Å². The minimum Gasteiger partial charge on any atom is -0.323 e. The topological polar surface area (TPSA) is 38.0 Å². The lowest BCUT2D eigenvalue weighted by Crippen LogP contribution is -2.42. The van der Waals surface area contributed by atoms with Crippen LogP contribution in [0.5, 0.6) is 0 Å². The highest BCUT2D eigenvalue weighted by Crippen LogP contribution is 2.27. The number of hydrogen-bond acceptors (Lipinski definition) is 2. The van der Waals surface area contributed by atoms with Crippen molar-refractivity contribution in [3.8, 4) is 0 Å². The summed E-state index contributed by atoms with van der Waals surface area (Å²) in [6.45, 7) is 1.06. The lowest BCUT2D eigenvalue weighted by atomic mass is 9.93. The summed E-state index contributed by atoms with van der Waals surface area (Å²) in [7, 11) is 0. The molecule has 3 N–H and O–H groups in total. The fourth-order valence-electron chi connectivity index (χ4n) is 2.14. The van der Waals surface area contributed by atoms with Crippen molar-refractivity contribution in [1.82, 2.24) is 5.32 Å². The number of rotatable bonds is 2. The van der Waals surface area contributed by atoms with Crippen LogP contribution >= 0.6 is 23.2 Å². The Kier molecular flexibility index (Phi) is 4.09. The van der Waals surface area contributed by atoms with Crippen LogP contribution in [0.3, 0.4) is 0 Å². The van der Waals surface area contributed by atoms with Crippen molar-refractivity contribution in [3.05, 3.63) is 33.8 Å². The highest BCUT2D eigenvalue weighted by molar-refractivity contribution is 6.42. The highest BCUT2D eigenvalue weighted by Gasteiger charge is 2.21. The molecule has 0 amide bonds. The van der Waals surface area contributed by atoms with Gasteiger partial charge >= 0.3 is 0 Å². The standard InChI is InChI=1S/C12H16Cl2N2/c13-9-5-4-8(7-10(9)14)12(15)11-3-1-2-6-16-11/h4-5,7,11-12,16H,1-3,6,15H2. The van der Waals surface area contributed by atoms with E-state index in [0.29, 0.717) is 16.1 Å². The summed E-state index contributed by atoms with van der Waals surface area (Å²) in [5, 5.41) is 4.60. The number of hydrogen-bond donors (Lipinski definition) is 2. The second-order valence-electron chi connectivity index (χ2n) is 4.26. The molecule has 0 aromatic heterocycles. The molecule has 0 saturated carbocycles. The van der Waals surface area contributed by atoms with Gasteiger partial charge in [0.1, 0.15) is 0 Å². The maximum Gasteiger partial charge on any atom is 0.0595 e. The summed E-state index contributed by atoms with van der Waals surface area (Å²) in [6.07, 6.45) is 3.61. The molecule has 2 unspecified atom stereocenters. The summed E-state index contributed by atoms with van der Waals surface area (Å²) in [6, 6.07) is 5.98. The minimum absolute atomic E-state index is 0.00457. The molecule has 0 bridgehead atoms. The van der Waals surface area contributed by atoms with Crippen LogP contribution < -0.4 is 11.1 Å². The molecule has 1 aromatic rings. The zero-order valence-corrected chi connectivity index (χ0v) is 10.6. The zero-order chi connectivity index (χ0) is 11.5. The van der Waals surface area contributed by atoms with Gasteiger partial charge in [0.25, 0.3) is 0 Å². The second kappa shape index (κ2) is 5.37. The average Bonchev–Trinajstić information content (AvgIpc) is 2.33. The van der Waals surface area contributed by atoms with Gasteiger partial charge in [0.15, 0.2) is 0 Å². The molecule has 2 atom stereocenters. The third kappa shape index (κ3) is 2.69. The molecule has 1 aromatic carbocycles. The van der Waals surface area contributed by atoms with Gasteiger partial charge in [-0.2, -0.15) is 0 Å². The van der Waals surface area contributed by atoms with Crippen molar-refractivity contribution in [2.24, 2.45) is 5.73 Å². The van der Waals surface area contributed by atoms with Gasteiger partial charge in [-0.1, -0.05) is 35.7 Å². The summed E-state index contributed by atoms with van der Waals surface area (Å²) < 4.78 is 0. The predicted molar refractivity (Wildman–Crippen MR) is 69.0 cm³/mol. The number of benzene rings is 1. The van der Waals surface area contributed by atoms with E-state index in [2.05, 4.69) is 5.32 Å². The van der Waals surface area contributed by atoms with Crippen molar-refractivity contribution in [1.29, 1.82) is 0 Å². The molecule has 16 heavy (non-hydrogen) atoms. The first-order chi connectivity index (χ1) is 7.68. The summed E-state index contributed by atoms with van der Waals surface area (Å²) in [5.41, 5.74) is 7.27. The summed E-state index contributed by atoms with van der Waals surface area (Å²) >= 11 is 11.9. The van der Waals surface area contributed by atoms with Crippen molar-refractivity contribution in [3.63, 3.8) is 0 Å². The van der Waals surface area contributed by atoms with Crippen LogP contribution in [0.4, 0.5) is 0 Å². The van der Waals surface area contributed by atoms with Crippen molar-refractivity contribution >= 4 is 23.2 Å². The lowest BCUT2D eigenvalue weighted by Gasteiger charge is -2.29. The molecular formula is C12H16Cl2N2. The minimum atomic E-state index is -0.00457. The van der Waals surface area contributed by atoms with Gasteiger partial charge in [0.2, 0.25) is 0 Å².